The fraction of sp³-hybridized carbons (Fsp3) is 0.833. The van der Waals surface area contributed by atoms with Crippen molar-refractivity contribution in [3.8, 4) is 0 Å². The van der Waals surface area contributed by atoms with Gasteiger partial charge >= 0.3 is 0 Å². The minimum Gasteiger partial charge on any atom is -0.373 e. The van der Waals surface area contributed by atoms with Crippen LogP contribution in [0.1, 0.15) is 45.4 Å². The van der Waals surface area contributed by atoms with Crippen LogP contribution in [0, 0.1) is 5.41 Å². The standard InChI is InChI=1S/C18H30N2O2/c1-17(7-5-4-6-8-17)16(21)20-11-9-18(10-12-20)13-15(14-22-18)19(2)3/h4-5,15H,6-14H2,1-3H3. The largest absolute Gasteiger partial charge is 0.373 e. The van der Waals surface area contributed by atoms with Gasteiger partial charge in [-0.15, -0.1) is 0 Å². The summed E-state index contributed by atoms with van der Waals surface area (Å²) in [6.07, 6.45) is 10.4. The molecule has 2 aliphatic heterocycles. The molecule has 2 heterocycles. The molecule has 0 aromatic heterocycles. The monoisotopic (exact) mass is 306 g/mol. The highest BCUT2D eigenvalue weighted by molar-refractivity contribution is 5.82. The number of hydrogen-bond donors (Lipinski definition) is 0. The van der Waals surface area contributed by atoms with Crippen LogP contribution in [0.15, 0.2) is 12.2 Å². The second-order valence-corrected chi connectivity index (χ2v) is 7.88. The van der Waals surface area contributed by atoms with Gasteiger partial charge in [0.15, 0.2) is 0 Å². The van der Waals surface area contributed by atoms with Crippen molar-refractivity contribution in [1.82, 2.24) is 9.80 Å². The maximum absolute atomic E-state index is 12.9. The number of carbonyl (C=O) groups is 1. The third kappa shape index (κ3) is 2.95. The van der Waals surface area contributed by atoms with Gasteiger partial charge in [0, 0.05) is 19.1 Å². The van der Waals surface area contributed by atoms with E-state index in [0.29, 0.717) is 11.9 Å². The van der Waals surface area contributed by atoms with Crippen molar-refractivity contribution in [3.05, 3.63) is 12.2 Å². The fourth-order valence-corrected chi connectivity index (χ4v) is 4.16. The molecule has 1 amide bonds. The minimum absolute atomic E-state index is 0.0269. The number of likely N-dealkylation sites (tertiary alicyclic amines) is 1. The Hall–Kier alpha value is -0.870. The Balaban J connectivity index is 1.58. The maximum Gasteiger partial charge on any atom is 0.228 e. The Kier molecular flexibility index (Phi) is 4.34. The molecule has 124 valence electrons. The molecule has 4 nitrogen and oxygen atoms in total. The van der Waals surface area contributed by atoms with Gasteiger partial charge in [-0.1, -0.05) is 19.1 Å². The lowest BCUT2D eigenvalue weighted by atomic mass is 9.77. The molecule has 0 N–H and O–H groups in total. The van der Waals surface area contributed by atoms with E-state index in [4.69, 9.17) is 4.74 Å². The molecular formula is C18H30N2O2. The quantitative estimate of drug-likeness (QED) is 0.735. The van der Waals surface area contributed by atoms with Gasteiger partial charge in [-0.05, 0) is 52.6 Å². The van der Waals surface area contributed by atoms with Crippen molar-refractivity contribution < 1.29 is 9.53 Å². The van der Waals surface area contributed by atoms with E-state index in [-0.39, 0.29) is 11.0 Å². The summed E-state index contributed by atoms with van der Waals surface area (Å²) in [5.41, 5.74) is -0.152. The van der Waals surface area contributed by atoms with Crippen LogP contribution in [0.3, 0.4) is 0 Å². The molecular weight excluding hydrogens is 276 g/mol. The highest BCUT2D eigenvalue weighted by Gasteiger charge is 2.45. The van der Waals surface area contributed by atoms with Crippen LogP contribution in [-0.4, -0.2) is 61.1 Å². The highest BCUT2D eigenvalue weighted by Crippen LogP contribution is 2.40. The number of likely N-dealkylation sites (N-methyl/N-ethyl adjacent to an activating group) is 1. The molecule has 0 saturated carbocycles. The number of nitrogens with zero attached hydrogens (tertiary/aromatic N) is 2. The van der Waals surface area contributed by atoms with Gasteiger partial charge in [0.1, 0.15) is 0 Å². The van der Waals surface area contributed by atoms with Gasteiger partial charge in [-0.25, -0.2) is 0 Å². The second-order valence-electron chi connectivity index (χ2n) is 7.88. The summed E-state index contributed by atoms with van der Waals surface area (Å²) in [6.45, 7) is 4.69. The van der Waals surface area contributed by atoms with Crippen LogP contribution >= 0.6 is 0 Å². The Morgan fingerprint density at radius 3 is 2.50 bits per heavy atom. The zero-order chi connectivity index (χ0) is 15.8. The molecule has 22 heavy (non-hydrogen) atoms. The summed E-state index contributed by atoms with van der Waals surface area (Å²) in [5.74, 6) is 0.355. The van der Waals surface area contributed by atoms with Crippen molar-refractivity contribution in [2.45, 2.75) is 57.1 Å². The highest BCUT2D eigenvalue weighted by atomic mass is 16.5. The number of ether oxygens (including phenoxy) is 1. The first-order chi connectivity index (χ1) is 10.4. The van der Waals surface area contributed by atoms with E-state index in [1.54, 1.807) is 0 Å². The van der Waals surface area contributed by atoms with Crippen LogP contribution in [0.2, 0.25) is 0 Å². The van der Waals surface area contributed by atoms with Gasteiger partial charge in [0.05, 0.1) is 17.6 Å². The van der Waals surface area contributed by atoms with Crippen LogP contribution in [-0.2, 0) is 9.53 Å². The van der Waals surface area contributed by atoms with Crippen molar-refractivity contribution in [3.63, 3.8) is 0 Å². The third-order valence-electron chi connectivity index (χ3n) is 6.00. The normalized spacial score (nSPS) is 34.5. The van der Waals surface area contributed by atoms with Crippen LogP contribution in [0.25, 0.3) is 0 Å². The summed E-state index contributed by atoms with van der Waals surface area (Å²) < 4.78 is 6.16. The van der Waals surface area contributed by atoms with E-state index in [1.165, 1.54) is 0 Å². The van der Waals surface area contributed by atoms with E-state index in [0.717, 1.165) is 58.2 Å². The molecule has 2 fully saturated rings. The molecule has 2 unspecified atom stereocenters. The summed E-state index contributed by atoms with van der Waals surface area (Å²) in [6, 6.07) is 0.531. The smallest absolute Gasteiger partial charge is 0.228 e. The zero-order valence-corrected chi connectivity index (χ0v) is 14.3. The molecule has 3 rings (SSSR count). The Bertz CT molecular complexity index is 452. The molecule has 0 aromatic rings. The number of carbonyl (C=O) groups excluding carboxylic acids is 1. The second kappa shape index (κ2) is 5.97. The van der Waals surface area contributed by atoms with Gasteiger partial charge in [-0.2, -0.15) is 0 Å². The van der Waals surface area contributed by atoms with Crippen LogP contribution in [0.4, 0.5) is 0 Å². The topological polar surface area (TPSA) is 32.8 Å². The first-order valence-corrected chi connectivity index (χ1v) is 8.69. The van der Waals surface area contributed by atoms with E-state index in [2.05, 4.69) is 43.0 Å². The van der Waals surface area contributed by atoms with Crippen molar-refractivity contribution in [2.24, 2.45) is 5.41 Å². The fourth-order valence-electron chi connectivity index (χ4n) is 4.16. The lowest BCUT2D eigenvalue weighted by molar-refractivity contribution is -0.146. The molecule has 2 atom stereocenters. The predicted molar refractivity (Wildman–Crippen MR) is 87.7 cm³/mol. The van der Waals surface area contributed by atoms with Crippen molar-refractivity contribution in [2.75, 3.05) is 33.8 Å². The van der Waals surface area contributed by atoms with Gasteiger partial charge < -0.3 is 14.5 Å². The number of rotatable bonds is 2. The number of piperidine rings is 1. The van der Waals surface area contributed by atoms with Crippen molar-refractivity contribution in [1.29, 1.82) is 0 Å². The number of amides is 1. The van der Waals surface area contributed by atoms with Crippen LogP contribution in [0.5, 0.6) is 0 Å². The van der Waals surface area contributed by atoms with Crippen LogP contribution < -0.4 is 0 Å². The first kappa shape index (κ1) is 16.0. The summed E-state index contributed by atoms with van der Waals surface area (Å²) >= 11 is 0. The van der Waals surface area contributed by atoms with E-state index < -0.39 is 0 Å². The van der Waals surface area contributed by atoms with E-state index >= 15 is 0 Å². The molecule has 2 saturated heterocycles. The average Bonchev–Trinajstić information content (AvgIpc) is 2.92. The molecule has 1 spiro atoms. The Labute approximate surface area is 134 Å². The molecule has 0 aromatic carbocycles. The van der Waals surface area contributed by atoms with Gasteiger partial charge in [0.2, 0.25) is 5.91 Å². The van der Waals surface area contributed by atoms with E-state index in [1.807, 2.05) is 0 Å². The summed E-state index contributed by atoms with van der Waals surface area (Å²) in [4.78, 5) is 17.3. The summed E-state index contributed by atoms with van der Waals surface area (Å²) in [5, 5.41) is 0. The third-order valence-corrected chi connectivity index (χ3v) is 6.00. The summed E-state index contributed by atoms with van der Waals surface area (Å²) in [7, 11) is 4.26. The van der Waals surface area contributed by atoms with E-state index in [9.17, 15) is 4.79 Å². The van der Waals surface area contributed by atoms with Crippen molar-refractivity contribution >= 4 is 5.91 Å². The van der Waals surface area contributed by atoms with Gasteiger partial charge in [-0.3, -0.25) is 4.79 Å². The van der Waals surface area contributed by atoms with Gasteiger partial charge in [0.25, 0.3) is 0 Å². The lowest BCUT2D eigenvalue weighted by Gasteiger charge is -2.42. The molecule has 3 aliphatic rings. The molecule has 4 heteroatoms. The SMILES string of the molecule is CN(C)C1COC2(CCN(C(=O)C3(C)CC=CCC3)CC2)C1. The lowest BCUT2D eigenvalue weighted by Crippen LogP contribution is -2.51. The predicted octanol–water partition coefficient (Wildman–Crippen LogP) is 2.44. The maximum atomic E-state index is 12.9. The first-order valence-electron chi connectivity index (χ1n) is 8.69. The molecule has 1 aliphatic carbocycles. The minimum atomic E-state index is -0.179. The Morgan fingerprint density at radius 2 is 1.95 bits per heavy atom. The zero-order valence-electron chi connectivity index (χ0n) is 14.3. The molecule has 0 radical (unpaired) electrons. The molecule has 0 bridgehead atoms. The number of hydrogen-bond acceptors (Lipinski definition) is 3. The number of allylic oxidation sites excluding steroid dienone is 2. The Morgan fingerprint density at radius 1 is 1.23 bits per heavy atom. The average molecular weight is 306 g/mol.